The van der Waals surface area contributed by atoms with Gasteiger partial charge in [-0.3, -0.25) is 0 Å². The summed E-state index contributed by atoms with van der Waals surface area (Å²) >= 11 is 0. The normalized spacial score (nSPS) is 22.6. The highest BCUT2D eigenvalue weighted by molar-refractivity contribution is 5.89. The Bertz CT molecular complexity index is 545. The molecule has 0 saturated carbocycles. The summed E-state index contributed by atoms with van der Waals surface area (Å²) in [5.74, 6) is -0.390. The standard InChI is InChI=1S/C16H24FN3O3/c1-10(9-21)18-16(22)19-13-4-5-15(14(17)6-13)20-7-11(2)23-12(3)8-20/h4-6,10-12,21H,7-9H2,1-3H3,(H2,18,19,22)/t10-,11-,12+/m0/s1. The molecule has 3 N–H and O–H groups in total. The molecule has 7 heteroatoms. The van der Waals surface area contributed by atoms with Gasteiger partial charge >= 0.3 is 6.03 Å². The molecule has 2 amide bonds. The van der Waals surface area contributed by atoms with E-state index in [1.54, 1.807) is 19.1 Å². The maximum Gasteiger partial charge on any atom is 0.319 e. The van der Waals surface area contributed by atoms with Gasteiger partial charge in [-0.15, -0.1) is 0 Å². The van der Waals surface area contributed by atoms with E-state index in [0.29, 0.717) is 24.5 Å². The molecule has 0 spiro atoms. The molecule has 0 bridgehead atoms. The number of morpholine rings is 1. The molecule has 1 fully saturated rings. The molecule has 0 radical (unpaired) electrons. The molecule has 23 heavy (non-hydrogen) atoms. The monoisotopic (exact) mass is 325 g/mol. The van der Waals surface area contributed by atoms with Crippen LogP contribution in [0.4, 0.5) is 20.6 Å². The average Bonchev–Trinajstić information content (AvgIpc) is 2.45. The maximum atomic E-state index is 14.4. The number of urea groups is 1. The Balaban J connectivity index is 2.04. The minimum absolute atomic E-state index is 0.0432. The number of nitrogens with one attached hydrogen (secondary N) is 2. The fourth-order valence-corrected chi connectivity index (χ4v) is 2.65. The van der Waals surface area contributed by atoms with Crippen molar-refractivity contribution in [2.45, 2.75) is 39.0 Å². The smallest absolute Gasteiger partial charge is 0.319 e. The van der Waals surface area contributed by atoms with Gasteiger partial charge in [-0.1, -0.05) is 0 Å². The van der Waals surface area contributed by atoms with Crippen molar-refractivity contribution in [3.63, 3.8) is 0 Å². The van der Waals surface area contributed by atoms with E-state index in [1.165, 1.54) is 6.07 Å². The molecule has 6 nitrogen and oxygen atoms in total. The number of aliphatic hydroxyl groups is 1. The van der Waals surface area contributed by atoms with Gasteiger partial charge in [0.15, 0.2) is 0 Å². The van der Waals surface area contributed by atoms with Crippen molar-refractivity contribution in [1.82, 2.24) is 5.32 Å². The van der Waals surface area contributed by atoms with Gasteiger partial charge < -0.3 is 25.4 Å². The Morgan fingerprint density at radius 2 is 2.09 bits per heavy atom. The predicted molar refractivity (Wildman–Crippen MR) is 87.3 cm³/mol. The fourth-order valence-electron chi connectivity index (χ4n) is 2.65. The first-order valence-electron chi connectivity index (χ1n) is 7.77. The van der Waals surface area contributed by atoms with Crippen molar-refractivity contribution in [2.75, 3.05) is 29.9 Å². The average molecular weight is 325 g/mol. The summed E-state index contributed by atoms with van der Waals surface area (Å²) in [7, 11) is 0. The number of amides is 2. The minimum Gasteiger partial charge on any atom is -0.394 e. The second-order valence-electron chi connectivity index (χ2n) is 6.01. The first kappa shape index (κ1) is 17.5. The van der Waals surface area contributed by atoms with Crippen LogP contribution in [-0.4, -0.2) is 49.1 Å². The number of rotatable bonds is 4. The van der Waals surface area contributed by atoms with Crippen LogP contribution in [0, 0.1) is 5.82 Å². The topological polar surface area (TPSA) is 73.8 Å². The molecule has 1 saturated heterocycles. The van der Waals surface area contributed by atoms with Crippen molar-refractivity contribution >= 4 is 17.4 Å². The number of carbonyl (C=O) groups excluding carboxylic acids is 1. The van der Waals surface area contributed by atoms with Gasteiger partial charge in [0.2, 0.25) is 0 Å². The SMILES string of the molecule is C[C@@H]1CN(c2ccc(NC(=O)N[C@@H](C)CO)cc2F)C[C@H](C)O1. The molecule has 3 atom stereocenters. The van der Waals surface area contributed by atoms with E-state index in [0.717, 1.165) is 0 Å². The van der Waals surface area contributed by atoms with Crippen LogP contribution in [0.15, 0.2) is 18.2 Å². The quantitative estimate of drug-likeness (QED) is 0.791. The molecule has 1 heterocycles. The number of nitrogens with zero attached hydrogens (tertiary/aromatic N) is 1. The van der Waals surface area contributed by atoms with E-state index in [-0.39, 0.29) is 30.7 Å². The van der Waals surface area contributed by atoms with Crippen LogP contribution in [0.25, 0.3) is 0 Å². The molecule has 128 valence electrons. The summed E-state index contributed by atoms with van der Waals surface area (Å²) in [6.07, 6.45) is 0.0865. The molecular formula is C16H24FN3O3. The summed E-state index contributed by atoms with van der Waals surface area (Å²) in [5, 5.41) is 14.0. The molecule has 2 rings (SSSR count). The highest BCUT2D eigenvalue weighted by atomic mass is 19.1. The number of hydrogen-bond acceptors (Lipinski definition) is 4. The van der Waals surface area contributed by atoms with Crippen LogP contribution >= 0.6 is 0 Å². The Hall–Kier alpha value is -1.86. The van der Waals surface area contributed by atoms with Crippen molar-refractivity contribution in [3.05, 3.63) is 24.0 Å². The molecule has 0 aliphatic carbocycles. The first-order valence-corrected chi connectivity index (χ1v) is 7.77. The number of aliphatic hydroxyl groups excluding tert-OH is 1. The van der Waals surface area contributed by atoms with Crippen molar-refractivity contribution in [1.29, 1.82) is 0 Å². The summed E-state index contributed by atoms with van der Waals surface area (Å²) in [6.45, 7) is 6.69. The number of carbonyl (C=O) groups is 1. The Morgan fingerprint density at radius 1 is 1.43 bits per heavy atom. The van der Waals surface area contributed by atoms with Crippen molar-refractivity contribution in [2.24, 2.45) is 0 Å². The highest BCUT2D eigenvalue weighted by Gasteiger charge is 2.24. The zero-order valence-corrected chi connectivity index (χ0v) is 13.7. The third kappa shape index (κ3) is 4.80. The summed E-state index contributed by atoms with van der Waals surface area (Å²) in [6, 6.07) is 3.77. The van der Waals surface area contributed by atoms with Crippen molar-refractivity contribution < 1.29 is 19.0 Å². The van der Waals surface area contributed by atoms with Gasteiger partial charge in [-0.25, -0.2) is 9.18 Å². The van der Waals surface area contributed by atoms with E-state index >= 15 is 0 Å². The minimum atomic E-state index is -0.479. The van der Waals surface area contributed by atoms with Gasteiger partial charge in [-0.05, 0) is 39.0 Å². The van der Waals surface area contributed by atoms with Crippen LogP contribution in [0.1, 0.15) is 20.8 Å². The fraction of sp³-hybridized carbons (Fsp3) is 0.562. The van der Waals surface area contributed by atoms with Gasteiger partial charge in [0, 0.05) is 18.8 Å². The lowest BCUT2D eigenvalue weighted by Gasteiger charge is -2.37. The van der Waals surface area contributed by atoms with Crippen molar-refractivity contribution in [3.8, 4) is 0 Å². The van der Waals surface area contributed by atoms with Crippen LogP contribution in [-0.2, 0) is 4.74 Å². The lowest BCUT2D eigenvalue weighted by atomic mass is 10.2. The molecule has 0 unspecified atom stereocenters. The number of ether oxygens (including phenoxy) is 1. The highest BCUT2D eigenvalue weighted by Crippen LogP contribution is 2.26. The first-order chi connectivity index (χ1) is 10.9. The van der Waals surface area contributed by atoms with E-state index < -0.39 is 6.03 Å². The second-order valence-corrected chi connectivity index (χ2v) is 6.01. The zero-order valence-electron chi connectivity index (χ0n) is 13.7. The number of benzene rings is 1. The Morgan fingerprint density at radius 3 is 2.65 bits per heavy atom. The van der Waals surface area contributed by atoms with Crippen LogP contribution in [0.3, 0.4) is 0 Å². The molecule has 1 aromatic rings. The molecule has 1 aromatic carbocycles. The molecule has 1 aliphatic heterocycles. The lowest BCUT2D eigenvalue weighted by molar-refractivity contribution is -0.00539. The van der Waals surface area contributed by atoms with Crippen LogP contribution in [0.5, 0.6) is 0 Å². The lowest BCUT2D eigenvalue weighted by Crippen LogP contribution is -2.45. The second kappa shape index (κ2) is 7.61. The van der Waals surface area contributed by atoms with E-state index in [4.69, 9.17) is 9.84 Å². The van der Waals surface area contributed by atoms with E-state index in [9.17, 15) is 9.18 Å². The summed E-state index contributed by atoms with van der Waals surface area (Å²) in [4.78, 5) is 13.6. The number of anilines is 2. The Kier molecular flexibility index (Phi) is 5.79. The van der Waals surface area contributed by atoms with Gasteiger partial charge in [0.25, 0.3) is 0 Å². The van der Waals surface area contributed by atoms with E-state index in [1.807, 2.05) is 18.7 Å². The molecule has 1 aliphatic rings. The van der Waals surface area contributed by atoms with Gasteiger partial charge in [0.1, 0.15) is 5.82 Å². The van der Waals surface area contributed by atoms with Gasteiger partial charge in [-0.2, -0.15) is 0 Å². The Labute approximate surface area is 135 Å². The van der Waals surface area contributed by atoms with Crippen LogP contribution in [0.2, 0.25) is 0 Å². The third-order valence-electron chi connectivity index (χ3n) is 3.62. The predicted octanol–water partition coefficient (Wildman–Crippen LogP) is 1.94. The third-order valence-corrected chi connectivity index (χ3v) is 3.62. The van der Waals surface area contributed by atoms with Gasteiger partial charge in [0.05, 0.1) is 30.5 Å². The molecule has 0 aromatic heterocycles. The van der Waals surface area contributed by atoms with E-state index in [2.05, 4.69) is 10.6 Å². The number of hydrogen-bond donors (Lipinski definition) is 3. The molecular weight excluding hydrogens is 301 g/mol. The largest absolute Gasteiger partial charge is 0.394 e. The number of halogens is 1. The van der Waals surface area contributed by atoms with Crippen LogP contribution < -0.4 is 15.5 Å². The maximum absolute atomic E-state index is 14.4. The summed E-state index contributed by atoms with van der Waals surface area (Å²) < 4.78 is 20.0. The summed E-state index contributed by atoms with van der Waals surface area (Å²) in [5.41, 5.74) is 0.866. The zero-order chi connectivity index (χ0) is 17.0.